The summed E-state index contributed by atoms with van der Waals surface area (Å²) >= 11 is 0. The molecule has 0 radical (unpaired) electrons. The van der Waals surface area contributed by atoms with E-state index < -0.39 is 12.2 Å². The molecule has 0 spiro atoms. The van der Waals surface area contributed by atoms with Crippen LogP contribution in [0.15, 0.2) is 29.4 Å². The maximum atomic E-state index is 9.90. The van der Waals surface area contributed by atoms with Crippen LogP contribution in [0.1, 0.15) is 11.8 Å². The zero-order chi connectivity index (χ0) is 12.3. The molecule has 7 heteroatoms. The van der Waals surface area contributed by atoms with Gasteiger partial charge in [0.05, 0.1) is 23.9 Å². The molecule has 2 aromatic rings. The van der Waals surface area contributed by atoms with Gasteiger partial charge in [-0.25, -0.2) is 0 Å². The van der Waals surface area contributed by atoms with Crippen LogP contribution >= 0.6 is 0 Å². The van der Waals surface area contributed by atoms with Gasteiger partial charge in [-0.05, 0) is 11.6 Å². The van der Waals surface area contributed by atoms with Crippen molar-refractivity contribution in [2.45, 2.75) is 12.2 Å². The number of rotatable bonds is 4. The van der Waals surface area contributed by atoms with Gasteiger partial charge in [-0.2, -0.15) is 5.10 Å². The lowest BCUT2D eigenvalue weighted by molar-refractivity contribution is 0.0226. The van der Waals surface area contributed by atoms with Crippen molar-refractivity contribution in [1.29, 1.82) is 0 Å². The lowest BCUT2D eigenvalue weighted by Gasteiger charge is -2.14. The molecule has 0 amide bonds. The Labute approximate surface area is 96.3 Å². The predicted molar refractivity (Wildman–Crippen MR) is 61.1 cm³/mol. The van der Waals surface area contributed by atoms with Gasteiger partial charge >= 0.3 is 0 Å². The molecule has 3 N–H and O–H groups in total. The minimum Gasteiger partial charge on any atom is -0.390 e. The topological polar surface area (TPSA) is 118 Å². The fraction of sp³-hybridized carbons (Fsp3) is 0.300. The number of aliphatic hydroxyl groups excluding tert-OH is 2. The smallest absolute Gasteiger partial charge is 0.122 e. The van der Waals surface area contributed by atoms with E-state index in [9.17, 15) is 10.2 Å². The zero-order valence-corrected chi connectivity index (χ0v) is 8.85. The van der Waals surface area contributed by atoms with Crippen molar-refractivity contribution in [1.82, 2.24) is 10.2 Å². The lowest BCUT2D eigenvalue weighted by Crippen LogP contribution is -2.21. The average Bonchev–Trinajstić information content (AvgIpc) is 2.78. The third-order valence-electron chi connectivity index (χ3n) is 2.48. The number of nitrogens with one attached hydrogen (secondary N) is 1. The van der Waals surface area contributed by atoms with Crippen molar-refractivity contribution in [3.05, 3.63) is 40.4 Å². The fourth-order valence-corrected chi connectivity index (χ4v) is 1.62. The Hall–Kier alpha value is -2.08. The second-order valence-electron chi connectivity index (χ2n) is 3.58. The molecule has 2 unspecified atom stereocenters. The van der Waals surface area contributed by atoms with E-state index in [1.54, 1.807) is 12.1 Å². The number of hydrogen-bond acceptors (Lipinski definition) is 4. The highest BCUT2D eigenvalue weighted by Crippen LogP contribution is 2.23. The number of hydrogen-bond donors (Lipinski definition) is 3. The molecule has 1 heterocycles. The standard InChI is InChI=1S/C10H11N5O2/c11-15-12-5-8(16)10(17)9-6-3-1-2-4-7(6)13-14-9/h1-4,8,10,16-17H,5H2,(H,13,14). The van der Waals surface area contributed by atoms with Crippen molar-refractivity contribution in [3.63, 3.8) is 0 Å². The summed E-state index contributed by atoms with van der Waals surface area (Å²) in [5.41, 5.74) is 9.27. The van der Waals surface area contributed by atoms with E-state index in [1.807, 2.05) is 12.1 Å². The van der Waals surface area contributed by atoms with E-state index in [0.29, 0.717) is 11.2 Å². The summed E-state index contributed by atoms with van der Waals surface area (Å²) < 4.78 is 0. The van der Waals surface area contributed by atoms with Gasteiger partial charge in [0, 0.05) is 10.3 Å². The van der Waals surface area contributed by atoms with Gasteiger partial charge in [-0.3, -0.25) is 5.10 Å². The molecular weight excluding hydrogens is 222 g/mol. The maximum absolute atomic E-state index is 9.90. The van der Waals surface area contributed by atoms with Gasteiger partial charge < -0.3 is 10.2 Å². The van der Waals surface area contributed by atoms with E-state index in [-0.39, 0.29) is 6.54 Å². The summed E-state index contributed by atoms with van der Waals surface area (Å²) in [5, 5.41) is 30.1. The third-order valence-corrected chi connectivity index (χ3v) is 2.48. The number of benzene rings is 1. The number of aromatic amines is 1. The van der Waals surface area contributed by atoms with Crippen LogP contribution in [0.25, 0.3) is 21.3 Å². The predicted octanol–water partition coefficient (Wildman–Crippen LogP) is 1.27. The molecule has 0 fully saturated rings. The van der Waals surface area contributed by atoms with Crippen molar-refractivity contribution >= 4 is 10.9 Å². The summed E-state index contributed by atoms with van der Waals surface area (Å²) in [6, 6.07) is 7.23. The Morgan fingerprint density at radius 1 is 1.41 bits per heavy atom. The molecule has 1 aromatic heterocycles. The molecule has 7 nitrogen and oxygen atoms in total. The van der Waals surface area contributed by atoms with Crippen LogP contribution < -0.4 is 0 Å². The first-order chi connectivity index (χ1) is 8.24. The van der Waals surface area contributed by atoms with Gasteiger partial charge in [0.25, 0.3) is 0 Å². The van der Waals surface area contributed by atoms with Crippen LogP contribution in [-0.2, 0) is 0 Å². The molecule has 17 heavy (non-hydrogen) atoms. The average molecular weight is 233 g/mol. The minimum atomic E-state index is -1.16. The van der Waals surface area contributed by atoms with Crippen LogP contribution in [0.2, 0.25) is 0 Å². The van der Waals surface area contributed by atoms with E-state index in [0.717, 1.165) is 5.39 Å². The number of aromatic nitrogens is 2. The van der Waals surface area contributed by atoms with Crippen LogP contribution in [-0.4, -0.2) is 33.1 Å². The summed E-state index contributed by atoms with van der Waals surface area (Å²) in [7, 11) is 0. The largest absolute Gasteiger partial charge is 0.390 e. The van der Waals surface area contributed by atoms with E-state index in [2.05, 4.69) is 20.2 Å². The van der Waals surface area contributed by atoms with Crippen LogP contribution in [0.3, 0.4) is 0 Å². The Balaban J connectivity index is 2.29. The summed E-state index contributed by atoms with van der Waals surface area (Å²) in [6.45, 7) is -0.189. The number of H-pyrrole nitrogens is 1. The van der Waals surface area contributed by atoms with Gasteiger partial charge in [-0.1, -0.05) is 23.3 Å². The Bertz CT molecular complexity index is 561. The number of para-hydroxylation sites is 1. The van der Waals surface area contributed by atoms with Crippen LogP contribution in [0, 0.1) is 0 Å². The van der Waals surface area contributed by atoms with Gasteiger partial charge in [-0.15, -0.1) is 0 Å². The van der Waals surface area contributed by atoms with E-state index in [4.69, 9.17) is 5.53 Å². The molecule has 0 aliphatic rings. The van der Waals surface area contributed by atoms with Crippen molar-refractivity contribution < 1.29 is 10.2 Å². The van der Waals surface area contributed by atoms with Crippen LogP contribution in [0.4, 0.5) is 0 Å². The first kappa shape index (κ1) is 11.4. The Morgan fingerprint density at radius 3 is 2.94 bits per heavy atom. The fourth-order valence-electron chi connectivity index (χ4n) is 1.62. The summed E-state index contributed by atoms with van der Waals surface area (Å²) in [4.78, 5) is 2.53. The Kier molecular flexibility index (Phi) is 3.24. The van der Waals surface area contributed by atoms with Crippen LogP contribution in [0.5, 0.6) is 0 Å². The molecule has 0 saturated heterocycles. The maximum Gasteiger partial charge on any atom is 0.122 e. The molecule has 0 bridgehead atoms. The lowest BCUT2D eigenvalue weighted by atomic mass is 10.1. The molecule has 0 aliphatic heterocycles. The van der Waals surface area contributed by atoms with E-state index >= 15 is 0 Å². The highest BCUT2D eigenvalue weighted by molar-refractivity contribution is 5.81. The number of aliphatic hydroxyl groups is 2. The first-order valence-electron chi connectivity index (χ1n) is 5.04. The second kappa shape index (κ2) is 4.84. The number of fused-ring (bicyclic) bond motifs is 1. The monoisotopic (exact) mass is 233 g/mol. The zero-order valence-electron chi connectivity index (χ0n) is 8.85. The van der Waals surface area contributed by atoms with E-state index in [1.165, 1.54) is 0 Å². The number of azide groups is 1. The molecule has 2 atom stereocenters. The van der Waals surface area contributed by atoms with Crippen molar-refractivity contribution in [2.75, 3.05) is 6.54 Å². The molecule has 1 aromatic carbocycles. The number of nitrogens with zero attached hydrogens (tertiary/aromatic N) is 4. The SMILES string of the molecule is [N-]=[N+]=NCC(O)C(O)c1[nH]nc2ccccc12. The molecular formula is C10H11N5O2. The third kappa shape index (κ3) is 2.21. The van der Waals surface area contributed by atoms with Gasteiger partial charge in [0.1, 0.15) is 6.10 Å². The van der Waals surface area contributed by atoms with Gasteiger partial charge in [0.2, 0.25) is 0 Å². The van der Waals surface area contributed by atoms with Crippen molar-refractivity contribution in [3.8, 4) is 0 Å². The summed E-state index contributed by atoms with van der Waals surface area (Å²) in [6.07, 6.45) is -2.32. The summed E-state index contributed by atoms with van der Waals surface area (Å²) in [5.74, 6) is 0. The quantitative estimate of drug-likeness (QED) is 0.419. The molecule has 0 aliphatic carbocycles. The second-order valence-corrected chi connectivity index (χ2v) is 3.58. The van der Waals surface area contributed by atoms with Gasteiger partial charge in [0.15, 0.2) is 0 Å². The highest BCUT2D eigenvalue weighted by Gasteiger charge is 2.21. The minimum absolute atomic E-state index is 0.189. The first-order valence-corrected chi connectivity index (χ1v) is 5.04. The van der Waals surface area contributed by atoms with Crippen molar-refractivity contribution in [2.24, 2.45) is 5.11 Å². The molecule has 2 rings (SSSR count). The normalized spacial score (nSPS) is 14.2. The highest BCUT2D eigenvalue weighted by atomic mass is 16.3. The molecule has 0 saturated carbocycles. The Morgan fingerprint density at radius 2 is 2.18 bits per heavy atom. The molecule has 88 valence electrons.